The Kier molecular flexibility index (Phi) is 3.18. The standard InChI is InChI=1S/C17H23NO3/c1-12(14(20)21)2-3-15-4-13-5-16(7-15,10-18)9-17(6-13,8-15)11-19/h2,13,19H,3-9,11H2,1H3,(H,20,21). The minimum atomic E-state index is -0.869. The van der Waals surface area contributed by atoms with Gasteiger partial charge in [0.1, 0.15) is 0 Å². The molecule has 4 fully saturated rings. The highest BCUT2D eigenvalue weighted by molar-refractivity contribution is 5.85. The largest absolute Gasteiger partial charge is 0.478 e. The van der Waals surface area contributed by atoms with E-state index in [1.165, 1.54) is 0 Å². The molecule has 0 spiro atoms. The number of aliphatic hydroxyl groups excluding tert-OH is 1. The molecule has 0 aromatic carbocycles. The van der Waals surface area contributed by atoms with Crippen LogP contribution in [0.2, 0.25) is 0 Å². The van der Waals surface area contributed by atoms with Gasteiger partial charge >= 0.3 is 5.97 Å². The Morgan fingerprint density at radius 3 is 2.57 bits per heavy atom. The topological polar surface area (TPSA) is 81.3 Å². The highest BCUT2D eigenvalue weighted by Crippen LogP contribution is 2.70. The lowest BCUT2D eigenvalue weighted by molar-refractivity contribution is -0.152. The molecule has 0 saturated heterocycles. The first kappa shape index (κ1) is 14.6. The molecular formula is C17H23NO3. The van der Waals surface area contributed by atoms with Crippen LogP contribution in [0.4, 0.5) is 0 Å². The van der Waals surface area contributed by atoms with Gasteiger partial charge in [0.25, 0.3) is 0 Å². The number of nitriles is 1. The average Bonchev–Trinajstić information content (AvgIpc) is 2.43. The van der Waals surface area contributed by atoms with Gasteiger partial charge in [-0.3, -0.25) is 0 Å². The number of hydrogen-bond donors (Lipinski definition) is 2. The molecule has 2 N–H and O–H groups in total. The van der Waals surface area contributed by atoms with Gasteiger partial charge in [-0.15, -0.1) is 0 Å². The van der Waals surface area contributed by atoms with Crippen LogP contribution < -0.4 is 0 Å². The van der Waals surface area contributed by atoms with E-state index in [1.807, 2.05) is 6.08 Å². The molecule has 4 aliphatic rings. The van der Waals surface area contributed by atoms with Gasteiger partial charge in [0.15, 0.2) is 0 Å². The maximum atomic E-state index is 11.0. The Morgan fingerprint density at radius 2 is 1.95 bits per heavy atom. The summed E-state index contributed by atoms with van der Waals surface area (Å²) in [4.78, 5) is 11.0. The molecule has 114 valence electrons. The summed E-state index contributed by atoms with van der Waals surface area (Å²) >= 11 is 0. The quantitative estimate of drug-likeness (QED) is 0.780. The molecule has 4 rings (SSSR count). The number of nitrogens with zero attached hydrogens (tertiary/aromatic N) is 1. The monoisotopic (exact) mass is 289 g/mol. The summed E-state index contributed by atoms with van der Waals surface area (Å²) in [5.41, 5.74) is 0.0248. The second-order valence-electron chi connectivity index (χ2n) is 7.96. The van der Waals surface area contributed by atoms with Crippen LogP contribution in [0.3, 0.4) is 0 Å². The number of aliphatic carboxylic acids is 1. The SMILES string of the molecule is CC(=CCC12CC3CC(C#N)(CC(CO)(C3)C1)C2)C(=O)O. The van der Waals surface area contributed by atoms with Gasteiger partial charge in [-0.1, -0.05) is 6.08 Å². The van der Waals surface area contributed by atoms with Crippen molar-refractivity contribution in [3.63, 3.8) is 0 Å². The lowest BCUT2D eigenvalue weighted by Gasteiger charge is -2.64. The highest BCUT2D eigenvalue weighted by atomic mass is 16.4. The average molecular weight is 289 g/mol. The number of hydrogen-bond acceptors (Lipinski definition) is 3. The van der Waals surface area contributed by atoms with Crippen LogP contribution in [0.1, 0.15) is 51.9 Å². The predicted molar refractivity (Wildman–Crippen MR) is 77.2 cm³/mol. The molecule has 4 atom stereocenters. The Morgan fingerprint density at radius 1 is 1.29 bits per heavy atom. The molecule has 4 bridgehead atoms. The van der Waals surface area contributed by atoms with E-state index in [9.17, 15) is 15.2 Å². The van der Waals surface area contributed by atoms with Crippen molar-refractivity contribution >= 4 is 5.97 Å². The van der Waals surface area contributed by atoms with Crippen molar-refractivity contribution in [1.82, 2.24) is 0 Å². The summed E-state index contributed by atoms with van der Waals surface area (Å²) < 4.78 is 0. The third kappa shape index (κ3) is 2.28. The molecule has 0 radical (unpaired) electrons. The number of carboxylic acid groups (broad SMARTS) is 1. The van der Waals surface area contributed by atoms with Crippen LogP contribution >= 0.6 is 0 Å². The fourth-order valence-electron chi connectivity index (χ4n) is 5.83. The lowest BCUT2D eigenvalue weighted by Crippen LogP contribution is -2.57. The van der Waals surface area contributed by atoms with Crippen molar-refractivity contribution in [1.29, 1.82) is 5.26 Å². The Bertz CT molecular complexity index is 549. The van der Waals surface area contributed by atoms with Gasteiger partial charge in [-0.25, -0.2) is 4.79 Å². The molecule has 4 unspecified atom stereocenters. The summed E-state index contributed by atoms with van der Waals surface area (Å²) in [6.07, 6.45) is 8.29. The van der Waals surface area contributed by atoms with Crippen LogP contribution in [0.25, 0.3) is 0 Å². The maximum absolute atomic E-state index is 11.0. The molecule has 0 aromatic rings. The number of carboxylic acids is 1. The number of rotatable bonds is 4. The van der Waals surface area contributed by atoms with Crippen LogP contribution in [-0.2, 0) is 4.79 Å². The number of aliphatic hydroxyl groups is 1. The first-order valence-corrected chi connectivity index (χ1v) is 7.78. The first-order valence-electron chi connectivity index (χ1n) is 7.78. The van der Waals surface area contributed by atoms with Crippen molar-refractivity contribution in [3.05, 3.63) is 11.6 Å². The molecule has 4 saturated carbocycles. The van der Waals surface area contributed by atoms with E-state index in [1.54, 1.807) is 6.92 Å². The van der Waals surface area contributed by atoms with Gasteiger partial charge in [0.05, 0.1) is 11.5 Å². The van der Waals surface area contributed by atoms with Gasteiger partial charge in [-0.2, -0.15) is 5.26 Å². The zero-order valence-electron chi connectivity index (χ0n) is 12.6. The molecule has 21 heavy (non-hydrogen) atoms. The summed E-state index contributed by atoms with van der Waals surface area (Å²) in [5, 5.41) is 28.6. The predicted octanol–water partition coefficient (Wildman–Crippen LogP) is 2.88. The van der Waals surface area contributed by atoms with Crippen LogP contribution in [-0.4, -0.2) is 22.8 Å². The summed E-state index contributed by atoms with van der Waals surface area (Å²) in [5.74, 6) is -0.349. The Hall–Kier alpha value is -1.34. The molecule has 4 heteroatoms. The zero-order valence-corrected chi connectivity index (χ0v) is 12.6. The molecule has 0 aliphatic heterocycles. The van der Waals surface area contributed by atoms with E-state index in [4.69, 9.17) is 5.11 Å². The summed E-state index contributed by atoms with van der Waals surface area (Å²) in [7, 11) is 0. The van der Waals surface area contributed by atoms with E-state index >= 15 is 0 Å². The minimum absolute atomic E-state index is 0.0224. The second-order valence-corrected chi connectivity index (χ2v) is 7.96. The van der Waals surface area contributed by atoms with Crippen molar-refractivity contribution in [3.8, 4) is 6.07 Å². The highest BCUT2D eigenvalue weighted by Gasteiger charge is 2.62. The molecule has 0 heterocycles. The molecule has 4 nitrogen and oxygen atoms in total. The lowest BCUT2D eigenvalue weighted by atomic mass is 9.39. The van der Waals surface area contributed by atoms with Crippen molar-refractivity contribution < 1.29 is 15.0 Å². The first-order chi connectivity index (χ1) is 9.86. The third-order valence-electron chi connectivity index (χ3n) is 6.05. The summed E-state index contributed by atoms with van der Waals surface area (Å²) in [6, 6.07) is 2.56. The van der Waals surface area contributed by atoms with E-state index in [2.05, 4.69) is 6.07 Å². The Balaban J connectivity index is 1.91. The van der Waals surface area contributed by atoms with E-state index in [0.29, 0.717) is 11.5 Å². The third-order valence-corrected chi connectivity index (χ3v) is 6.05. The van der Waals surface area contributed by atoms with Crippen molar-refractivity contribution in [2.24, 2.45) is 22.2 Å². The van der Waals surface area contributed by atoms with Gasteiger partial charge in [-0.05, 0) is 68.6 Å². The normalized spacial score (nSPS) is 44.6. The van der Waals surface area contributed by atoms with Gasteiger partial charge in [0, 0.05) is 12.2 Å². The molecular weight excluding hydrogens is 266 g/mol. The minimum Gasteiger partial charge on any atom is -0.478 e. The van der Waals surface area contributed by atoms with Gasteiger partial charge < -0.3 is 10.2 Å². The molecule has 4 aliphatic carbocycles. The number of allylic oxidation sites excluding steroid dienone is 1. The smallest absolute Gasteiger partial charge is 0.330 e. The molecule has 0 amide bonds. The van der Waals surface area contributed by atoms with Crippen LogP contribution in [0.5, 0.6) is 0 Å². The number of carbonyl (C=O) groups is 1. The van der Waals surface area contributed by atoms with Crippen molar-refractivity contribution in [2.45, 2.75) is 51.9 Å². The zero-order chi connectivity index (χ0) is 15.3. The van der Waals surface area contributed by atoms with Gasteiger partial charge in [0.2, 0.25) is 0 Å². The van der Waals surface area contributed by atoms with Crippen LogP contribution in [0, 0.1) is 33.5 Å². The fraction of sp³-hybridized carbons (Fsp3) is 0.765. The van der Waals surface area contributed by atoms with E-state index in [0.717, 1.165) is 44.9 Å². The molecule has 0 aromatic heterocycles. The van der Waals surface area contributed by atoms with Crippen LogP contribution in [0.15, 0.2) is 11.6 Å². The van der Waals surface area contributed by atoms with Crippen molar-refractivity contribution in [2.75, 3.05) is 6.61 Å². The van der Waals surface area contributed by atoms with E-state index in [-0.39, 0.29) is 22.9 Å². The van der Waals surface area contributed by atoms with E-state index < -0.39 is 5.97 Å². The fourth-order valence-corrected chi connectivity index (χ4v) is 5.83. The maximum Gasteiger partial charge on any atom is 0.330 e. The summed E-state index contributed by atoms with van der Waals surface area (Å²) in [6.45, 7) is 1.79. The Labute approximate surface area is 125 Å². The second kappa shape index (κ2) is 4.58.